The first-order valence-electron chi connectivity index (χ1n) is 7.65. The van der Waals surface area contributed by atoms with Gasteiger partial charge in [-0.05, 0) is 43.0 Å². The van der Waals surface area contributed by atoms with Crippen molar-refractivity contribution in [2.45, 2.75) is 24.2 Å². The third kappa shape index (κ3) is 3.11. The number of carboxylic acid groups (broad SMARTS) is 1. The van der Waals surface area contributed by atoms with Gasteiger partial charge in [0.05, 0.1) is 4.90 Å². The summed E-state index contributed by atoms with van der Waals surface area (Å²) in [7, 11) is -1.67. The summed E-state index contributed by atoms with van der Waals surface area (Å²) in [5.74, 6) is -0.989. The molecule has 1 aromatic carbocycles. The minimum atomic E-state index is -3.58. The van der Waals surface area contributed by atoms with Gasteiger partial charge >= 0.3 is 5.97 Å². The largest absolute Gasteiger partial charge is 0.481 e. The van der Waals surface area contributed by atoms with Gasteiger partial charge < -0.3 is 9.67 Å². The first-order chi connectivity index (χ1) is 10.9. The predicted octanol–water partition coefficient (Wildman–Crippen LogP) is 2.05. The molecule has 0 amide bonds. The van der Waals surface area contributed by atoms with Crippen LogP contribution < -0.4 is 0 Å². The number of benzene rings is 1. The van der Waals surface area contributed by atoms with Crippen LogP contribution in [0.15, 0.2) is 35.4 Å². The van der Waals surface area contributed by atoms with E-state index in [1.807, 2.05) is 23.9 Å². The lowest BCUT2D eigenvalue weighted by atomic mass is 9.96. The molecule has 7 heteroatoms. The Hall–Kier alpha value is -1.86. The Morgan fingerprint density at radius 1 is 1.35 bits per heavy atom. The van der Waals surface area contributed by atoms with E-state index in [9.17, 15) is 13.2 Å². The zero-order chi connectivity index (χ0) is 16.6. The van der Waals surface area contributed by atoms with Crippen LogP contribution in [0, 0.1) is 5.92 Å². The highest BCUT2D eigenvalue weighted by molar-refractivity contribution is 7.89. The Morgan fingerprint density at radius 3 is 2.87 bits per heavy atom. The minimum Gasteiger partial charge on any atom is -0.481 e. The van der Waals surface area contributed by atoms with Crippen LogP contribution in [0.1, 0.15) is 19.3 Å². The monoisotopic (exact) mass is 336 g/mol. The highest BCUT2D eigenvalue weighted by Gasteiger charge is 2.31. The van der Waals surface area contributed by atoms with E-state index in [1.54, 1.807) is 18.2 Å². The maximum absolute atomic E-state index is 12.8. The molecule has 1 fully saturated rings. The molecule has 0 saturated carbocycles. The van der Waals surface area contributed by atoms with Crippen LogP contribution in [0.5, 0.6) is 0 Å². The molecule has 1 saturated heterocycles. The maximum Gasteiger partial charge on any atom is 0.303 e. The molecular weight excluding hydrogens is 316 g/mol. The number of fused-ring (bicyclic) bond motifs is 1. The third-order valence-electron chi connectivity index (χ3n) is 4.44. The smallest absolute Gasteiger partial charge is 0.303 e. The first kappa shape index (κ1) is 16.0. The number of nitrogens with zero attached hydrogens (tertiary/aromatic N) is 2. The van der Waals surface area contributed by atoms with Gasteiger partial charge in [-0.15, -0.1) is 0 Å². The van der Waals surface area contributed by atoms with Crippen molar-refractivity contribution in [2.24, 2.45) is 13.0 Å². The van der Waals surface area contributed by atoms with E-state index in [4.69, 9.17) is 5.11 Å². The molecule has 1 aliphatic rings. The molecule has 6 nitrogen and oxygen atoms in total. The van der Waals surface area contributed by atoms with E-state index in [2.05, 4.69) is 0 Å². The van der Waals surface area contributed by atoms with Crippen molar-refractivity contribution in [3.8, 4) is 0 Å². The molecule has 2 heterocycles. The number of aromatic nitrogens is 1. The van der Waals surface area contributed by atoms with Crippen LogP contribution in [0.3, 0.4) is 0 Å². The number of hydrogen-bond acceptors (Lipinski definition) is 3. The van der Waals surface area contributed by atoms with Crippen molar-refractivity contribution in [1.82, 2.24) is 8.87 Å². The van der Waals surface area contributed by atoms with Crippen LogP contribution in [0.2, 0.25) is 0 Å². The van der Waals surface area contributed by atoms with Gasteiger partial charge in [-0.3, -0.25) is 4.79 Å². The van der Waals surface area contributed by atoms with E-state index in [0.717, 1.165) is 17.3 Å². The fourth-order valence-corrected chi connectivity index (χ4v) is 4.82. The fourth-order valence-electron chi connectivity index (χ4n) is 3.23. The van der Waals surface area contributed by atoms with E-state index in [1.165, 1.54) is 4.31 Å². The van der Waals surface area contributed by atoms with Crippen molar-refractivity contribution < 1.29 is 18.3 Å². The van der Waals surface area contributed by atoms with Crippen LogP contribution in [0.25, 0.3) is 10.9 Å². The summed E-state index contributed by atoms with van der Waals surface area (Å²) >= 11 is 0. The Labute approximate surface area is 135 Å². The summed E-state index contributed by atoms with van der Waals surface area (Å²) in [6, 6.07) is 7.00. The predicted molar refractivity (Wildman–Crippen MR) is 86.7 cm³/mol. The van der Waals surface area contributed by atoms with Gasteiger partial charge in [-0.2, -0.15) is 4.31 Å². The highest BCUT2D eigenvalue weighted by Crippen LogP contribution is 2.27. The molecule has 1 N–H and O–H groups in total. The van der Waals surface area contributed by atoms with Crippen molar-refractivity contribution in [2.75, 3.05) is 13.1 Å². The second kappa shape index (κ2) is 5.98. The zero-order valence-electron chi connectivity index (χ0n) is 13.0. The second-order valence-electron chi connectivity index (χ2n) is 6.12. The Morgan fingerprint density at radius 2 is 2.13 bits per heavy atom. The van der Waals surface area contributed by atoms with Crippen LogP contribution in [0.4, 0.5) is 0 Å². The lowest BCUT2D eigenvalue weighted by Crippen LogP contribution is -2.40. The molecule has 23 heavy (non-hydrogen) atoms. The van der Waals surface area contributed by atoms with Gasteiger partial charge in [0.1, 0.15) is 0 Å². The quantitative estimate of drug-likeness (QED) is 0.927. The molecule has 1 atom stereocenters. The number of aryl methyl sites for hydroxylation is 1. The molecular formula is C16H20N2O4S. The molecule has 0 spiro atoms. The lowest BCUT2D eigenvalue weighted by Gasteiger charge is -2.31. The Kier molecular flexibility index (Phi) is 4.16. The topological polar surface area (TPSA) is 79.6 Å². The van der Waals surface area contributed by atoms with Crippen molar-refractivity contribution in [1.29, 1.82) is 0 Å². The molecule has 1 aliphatic heterocycles. The fraction of sp³-hybridized carbons (Fsp3) is 0.438. The Bertz CT molecular complexity index is 841. The number of aliphatic carboxylic acids is 1. The van der Waals surface area contributed by atoms with Crippen LogP contribution in [-0.4, -0.2) is 41.5 Å². The number of piperidine rings is 1. The summed E-state index contributed by atoms with van der Waals surface area (Å²) in [5, 5.41) is 9.80. The van der Waals surface area contributed by atoms with Crippen molar-refractivity contribution >= 4 is 26.9 Å². The van der Waals surface area contributed by atoms with Crippen molar-refractivity contribution in [3.05, 3.63) is 30.5 Å². The maximum atomic E-state index is 12.8. The summed E-state index contributed by atoms with van der Waals surface area (Å²) in [5.41, 5.74) is 0.978. The Balaban J connectivity index is 1.88. The van der Waals surface area contributed by atoms with Gasteiger partial charge in [0, 0.05) is 43.7 Å². The normalized spacial score (nSPS) is 20.0. The van der Waals surface area contributed by atoms with E-state index >= 15 is 0 Å². The van der Waals surface area contributed by atoms with Gasteiger partial charge in [-0.1, -0.05) is 0 Å². The summed E-state index contributed by atoms with van der Waals surface area (Å²) in [4.78, 5) is 11.1. The highest BCUT2D eigenvalue weighted by atomic mass is 32.2. The van der Waals surface area contributed by atoms with Gasteiger partial charge in [0.2, 0.25) is 10.0 Å². The van der Waals surface area contributed by atoms with Crippen LogP contribution in [-0.2, 0) is 21.9 Å². The average Bonchev–Trinajstić information content (AvgIpc) is 2.88. The number of carbonyl (C=O) groups is 1. The second-order valence-corrected chi connectivity index (χ2v) is 8.05. The molecule has 0 aliphatic carbocycles. The van der Waals surface area contributed by atoms with Crippen LogP contribution >= 0.6 is 0 Å². The molecule has 3 rings (SSSR count). The summed E-state index contributed by atoms with van der Waals surface area (Å²) in [6.07, 6.45) is 3.37. The molecule has 1 aromatic heterocycles. The SMILES string of the molecule is Cn1ccc2cc(S(=O)(=O)N3CCCC(CC(=O)O)C3)ccc21. The van der Waals surface area contributed by atoms with E-state index in [-0.39, 0.29) is 23.8 Å². The first-order valence-corrected chi connectivity index (χ1v) is 9.09. The van der Waals surface area contributed by atoms with Gasteiger partial charge in [0.25, 0.3) is 0 Å². The number of hydrogen-bond donors (Lipinski definition) is 1. The number of sulfonamides is 1. The summed E-state index contributed by atoms with van der Waals surface area (Å²) in [6.45, 7) is 0.729. The summed E-state index contributed by atoms with van der Waals surface area (Å²) < 4.78 is 29.0. The van der Waals surface area contributed by atoms with E-state index < -0.39 is 16.0 Å². The van der Waals surface area contributed by atoms with E-state index in [0.29, 0.717) is 13.0 Å². The number of rotatable bonds is 4. The zero-order valence-corrected chi connectivity index (χ0v) is 13.8. The lowest BCUT2D eigenvalue weighted by molar-refractivity contribution is -0.138. The molecule has 1 unspecified atom stereocenters. The number of carboxylic acids is 1. The van der Waals surface area contributed by atoms with Crippen molar-refractivity contribution in [3.63, 3.8) is 0 Å². The minimum absolute atomic E-state index is 0.0176. The standard InChI is InChI=1S/C16H20N2O4S/c1-17-8-6-13-10-14(4-5-15(13)17)23(21,22)18-7-2-3-12(11-18)9-16(19)20/h4-6,8,10,12H,2-3,7,9,11H2,1H3,(H,19,20). The third-order valence-corrected chi connectivity index (χ3v) is 6.30. The van der Waals surface area contributed by atoms with Gasteiger partial charge in [-0.25, -0.2) is 8.42 Å². The molecule has 0 bridgehead atoms. The molecule has 124 valence electrons. The average molecular weight is 336 g/mol. The van der Waals surface area contributed by atoms with Gasteiger partial charge in [0.15, 0.2) is 0 Å². The molecule has 2 aromatic rings. The molecule has 0 radical (unpaired) electrons.